The van der Waals surface area contributed by atoms with E-state index in [1.165, 1.54) is 31.7 Å². The Morgan fingerprint density at radius 2 is 2.05 bits per heavy atom. The van der Waals surface area contributed by atoms with Crippen LogP contribution in [0.1, 0.15) is 38.2 Å². The minimum absolute atomic E-state index is 0.190. The van der Waals surface area contributed by atoms with Crippen LogP contribution in [-0.2, 0) is 6.54 Å². The molecule has 1 aliphatic rings. The van der Waals surface area contributed by atoms with Crippen LogP contribution in [0.25, 0.3) is 0 Å². The van der Waals surface area contributed by atoms with E-state index in [1.54, 1.807) is 12.1 Å². The highest BCUT2D eigenvalue weighted by atomic mass is 35.5. The monoisotopic (exact) mass is 303 g/mol. The van der Waals surface area contributed by atoms with Gasteiger partial charge in [0.1, 0.15) is 5.75 Å². The van der Waals surface area contributed by atoms with Crippen molar-refractivity contribution in [1.29, 1.82) is 0 Å². The van der Waals surface area contributed by atoms with E-state index in [1.807, 2.05) is 0 Å². The molecule has 20 heavy (non-hydrogen) atoms. The van der Waals surface area contributed by atoms with Crippen LogP contribution in [0.15, 0.2) is 18.2 Å². The van der Waals surface area contributed by atoms with Crippen molar-refractivity contribution >= 4 is 11.6 Å². The Balaban J connectivity index is 1.98. The van der Waals surface area contributed by atoms with E-state index in [2.05, 4.69) is 17.0 Å². The minimum Gasteiger partial charge on any atom is -0.434 e. The zero-order valence-electron chi connectivity index (χ0n) is 11.5. The molecule has 0 aromatic heterocycles. The van der Waals surface area contributed by atoms with Gasteiger partial charge in [-0.25, -0.2) is 0 Å². The molecule has 0 heterocycles. The summed E-state index contributed by atoms with van der Waals surface area (Å²) in [4.78, 5) is 0. The van der Waals surface area contributed by atoms with Gasteiger partial charge in [0.05, 0.1) is 0 Å². The molecule has 0 saturated heterocycles. The van der Waals surface area contributed by atoms with Crippen LogP contribution in [0.5, 0.6) is 5.75 Å². The summed E-state index contributed by atoms with van der Waals surface area (Å²) < 4.78 is 29.3. The van der Waals surface area contributed by atoms with E-state index >= 15 is 0 Å². The van der Waals surface area contributed by atoms with Crippen molar-refractivity contribution in [1.82, 2.24) is 5.32 Å². The SMILES string of the molecule is CC(NCc1cc(Cl)ccc1OC(F)F)C1CCCC1. The Labute approximate surface area is 123 Å². The largest absolute Gasteiger partial charge is 0.434 e. The van der Waals surface area contributed by atoms with E-state index < -0.39 is 6.61 Å². The van der Waals surface area contributed by atoms with Gasteiger partial charge >= 0.3 is 6.61 Å². The molecule has 1 unspecified atom stereocenters. The molecule has 2 nitrogen and oxygen atoms in total. The molecule has 1 fully saturated rings. The molecule has 1 aromatic carbocycles. The minimum atomic E-state index is -2.82. The van der Waals surface area contributed by atoms with Crippen LogP contribution in [0.2, 0.25) is 5.02 Å². The van der Waals surface area contributed by atoms with Gasteiger partial charge in [0.25, 0.3) is 0 Å². The molecule has 1 aromatic rings. The predicted octanol–water partition coefficient (Wildman–Crippen LogP) is 4.61. The van der Waals surface area contributed by atoms with Crippen molar-refractivity contribution in [2.24, 2.45) is 5.92 Å². The average molecular weight is 304 g/mol. The van der Waals surface area contributed by atoms with Crippen LogP contribution >= 0.6 is 11.6 Å². The Morgan fingerprint density at radius 3 is 2.70 bits per heavy atom. The quantitative estimate of drug-likeness (QED) is 0.828. The number of halogens is 3. The first-order chi connectivity index (χ1) is 9.56. The lowest BCUT2D eigenvalue weighted by Crippen LogP contribution is -2.31. The predicted molar refractivity (Wildman–Crippen MR) is 76.3 cm³/mol. The lowest BCUT2D eigenvalue weighted by atomic mass is 9.99. The van der Waals surface area contributed by atoms with Crippen molar-refractivity contribution < 1.29 is 13.5 Å². The number of benzene rings is 1. The summed E-state index contributed by atoms with van der Waals surface area (Å²) in [5.74, 6) is 0.865. The highest BCUT2D eigenvalue weighted by Gasteiger charge is 2.21. The molecular weight excluding hydrogens is 284 g/mol. The van der Waals surface area contributed by atoms with Gasteiger partial charge in [0.15, 0.2) is 0 Å². The van der Waals surface area contributed by atoms with Gasteiger partial charge in [-0.05, 0) is 43.9 Å². The normalized spacial score (nSPS) is 17.6. The number of hydrogen-bond donors (Lipinski definition) is 1. The van der Waals surface area contributed by atoms with Gasteiger partial charge in [0, 0.05) is 23.2 Å². The van der Waals surface area contributed by atoms with E-state index in [4.69, 9.17) is 11.6 Å². The van der Waals surface area contributed by atoms with E-state index in [0.29, 0.717) is 29.1 Å². The Morgan fingerprint density at radius 1 is 1.35 bits per heavy atom. The van der Waals surface area contributed by atoms with E-state index in [0.717, 1.165) is 0 Å². The smallest absolute Gasteiger partial charge is 0.387 e. The van der Waals surface area contributed by atoms with Crippen LogP contribution in [-0.4, -0.2) is 12.7 Å². The third-order valence-electron chi connectivity index (χ3n) is 3.96. The molecule has 1 aliphatic carbocycles. The summed E-state index contributed by atoms with van der Waals surface area (Å²) in [6.45, 7) is -0.184. The van der Waals surface area contributed by atoms with Crippen molar-refractivity contribution in [3.63, 3.8) is 0 Å². The zero-order valence-corrected chi connectivity index (χ0v) is 12.3. The van der Waals surface area contributed by atoms with Crippen molar-refractivity contribution in [2.75, 3.05) is 0 Å². The number of ether oxygens (including phenoxy) is 1. The first-order valence-corrected chi connectivity index (χ1v) is 7.40. The van der Waals surface area contributed by atoms with E-state index in [-0.39, 0.29) is 5.75 Å². The summed E-state index contributed by atoms with van der Waals surface area (Å²) in [5.41, 5.74) is 0.669. The number of hydrogen-bond acceptors (Lipinski definition) is 2. The fourth-order valence-electron chi connectivity index (χ4n) is 2.79. The topological polar surface area (TPSA) is 21.3 Å². The molecule has 0 spiro atoms. The Hall–Kier alpha value is -0.870. The van der Waals surface area contributed by atoms with Gasteiger partial charge in [-0.2, -0.15) is 8.78 Å². The zero-order chi connectivity index (χ0) is 14.5. The summed E-state index contributed by atoms with van der Waals surface area (Å²) in [6, 6.07) is 5.10. The third kappa shape index (κ3) is 4.32. The van der Waals surface area contributed by atoms with Crippen LogP contribution in [0, 0.1) is 5.92 Å². The van der Waals surface area contributed by atoms with Gasteiger partial charge < -0.3 is 10.1 Å². The molecular formula is C15H20ClF2NO. The number of rotatable bonds is 6. The second-order valence-electron chi connectivity index (χ2n) is 5.34. The highest BCUT2D eigenvalue weighted by molar-refractivity contribution is 6.30. The van der Waals surface area contributed by atoms with Gasteiger partial charge in [-0.1, -0.05) is 24.4 Å². The Kier molecular flexibility index (Phi) is 5.61. The maximum Gasteiger partial charge on any atom is 0.387 e. The summed E-state index contributed by atoms with van der Waals surface area (Å²) in [6.07, 6.45) is 5.05. The molecule has 5 heteroatoms. The lowest BCUT2D eigenvalue weighted by molar-refractivity contribution is -0.0505. The molecule has 2 rings (SSSR count). The van der Waals surface area contributed by atoms with E-state index in [9.17, 15) is 8.78 Å². The fraction of sp³-hybridized carbons (Fsp3) is 0.600. The third-order valence-corrected chi connectivity index (χ3v) is 4.20. The maximum atomic E-state index is 12.4. The Bertz CT molecular complexity index is 436. The van der Waals surface area contributed by atoms with Crippen molar-refractivity contribution in [3.05, 3.63) is 28.8 Å². The fourth-order valence-corrected chi connectivity index (χ4v) is 2.99. The summed E-state index contributed by atoms with van der Waals surface area (Å²) >= 11 is 5.92. The van der Waals surface area contributed by atoms with Crippen LogP contribution < -0.4 is 10.1 Å². The summed E-state index contributed by atoms with van der Waals surface area (Å²) in [5, 5.41) is 3.92. The van der Waals surface area contributed by atoms with Crippen molar-refractivity contribution in [3.8, 4) is 5.75 Å². The standard InChI is InChI=1S/C15H20ClF2NO/c1-10(11-4-2-3-5-11)19-9-12-8-13(16)6-7-14(12)20-15(17)18/h6-8,10-11,15,19H,2-5,9H2,1H3. The van der Waals surface area contributed by atoms with Crippen LogP contribution in [0.4, 0.5) is 8.78 Å². The second kappa shape index (κ2) is 7.23. The van der Waals surface area contributed by atoms with Gasteiger partial charge in [-0.15, -0.1) is 0 Å². The lowest BCUT2D eigenvalue weighted by Gasteiger charge is -2.21. The van der Waals surface area contributed by atoms with Gasteiger partial charge in [-0.3, -0.25) is 0 Å². The number of alkyl halides is 2. The number of nitrogens with one attached hydrogen (secondary N) is 1. The molecule has 1 saturated carbocycles. The molecule has 1 atom stereocenters. The maximum absolute atomic E-state index is 12.4. The molecule has 0 aliphatic heterocycles. The average Bonchev–Trinajstić information content (AvgIpc) is 2.92. The first-order valence-electron chi connectivity index (χ1n) is 7.03. The molecule has 112 valence electrons. The second-order valence-corrected chi connectivity index (χ2v) is 5.78. The molecule has 0 amide bonds. The first kappa shape index (κ1) is 15.5. The molecule has 0 radical (unpaired) electrons. The van der Waals surface area contributed by atoms with Gasteiger partial charge in [0.2, 0.25) is 0 Å². The highest BCUT2D eigenvalue weighted by Crippen LogP contribution is 2.29. The van der Waals surface area contributed by atoms with Crippen LogP contribution in [0.3, 0.4) is 0 Å². The molecule has 1 N–H and O–H groups in total. The molecule has 0 bridgehead atoms. The summed E-state index contributed by atoms with van der Waals surface area (Å²) in [7, 11) is 0. The van der Waals surface area contributed by atoms with Crippen molar-refractivity contribution in [2.45, 2.75) is 51.8 Å².